The highest BCUT2D eigenvalue weighted by molar-refractivity contribution is 9.10. The lowest BCUT2D eigenvalue weighted by molar-refractivity contribution is -0.355. The number of carboxylic acid groups (broad SMARTS) is 1. The summed E-state index contributed by atoms with van der Waals surface area (Å²) < 4.78 is 20.2. The molecule has 2 aliphatic rings. The van der Waals surface area contributed by atoms with Gasteiger partial charge in [-0.15, -0.1) is 0 Å². The van der Waals surface area contributed by atoms with Crippen LogP contribution in [0.2, 0.25) is 0 Å². The molecule has 3 aromatic rings. The van der Waals surface area contributed by atoms with Crippen molar-refractivity contribution in [2.24, 2.45) is 23.7 Å². The maximum atomic E-state index is 13.2. The summed E-state index contributed by atoms with van der Waals surface area (Å²) in [5.41, 5.74) is 1.80. The third-order valence-electron chi connectivity index (χ3n) is 8.60. The Balaban J connectivity index is 1.40. The number of aromatic carboxylic acids is 1. The quantitative estimate of drug-likeness (QED) is 0.269. The molecule has 3 N–H and O–H groups in total. The number of ketones is 1. The first-order valence-electron chi connectivity index (χ1n) is 13.6. The summed E-state index contributed by atoms with van der Waals surface area (Å²) >= 11 is 3.43. The van der Waals surface area contributed by atoms with Crippen molar-refractivity contribution in [2.45, 2.75) is 71.4 Å². The lowest BCUT2D eigenvalue weighted by Gasteiger charge is -2.53. The van der Waals surface area contributed by atoms with Crippen LogP contribution in [0.3, 0.4) is 0 Å². The molecule has 0 bridgehead atoms. The van der Waals surface area contributed by atoms with Crippen LogP contribution in [-0.4, -0.2) is 51.9 Å². The lowest BCUT2D eigenvalue weighted by atomic mass is 9.75. The van der Waals surface area contributed by atoms with E-state index in [1.807, 2.05) is 13.0 Å². The molecule has 39 heavy (non-hydrogen) atoms. The molecule has 7 atom stereocenters. The average molecular weight is 603 g/mol. The van der Waals surface area contributed by atoms with E-state index < -0.39 is 11.8 Å². The summed E-state index contributed by atoms with van der Waals surface area (Å²) in [6.45, 7) is 8.38. The van der Waals surface area contributed by atoms with E-state index in [0.29, 0.717) is 39.3 Å². The predicted octanol–water partition coefficient (Wildman–Crippen LogP) is 6.29. The third kappa shape index (κ3) is 5.02. The maximum Gasteiger partial charge on any atom is 0.340 e. The fraction of sp³-hybridized carbons (Fsp3) is 0.552. The fourth-order valence-electron chi connectivity index (χ4n) is 6.34. The molecule has 0 aliphatic carbocycles. The van der Waals surface area contributed by atoms with Gasteiger partial charge in [0.2, 0.25) is 0 Å². The van der Waals surface area contributed by atoms with E-state index in [0.717, 1.165) is 19.3 Å². The molecule has 5 rings (SSSR count). The van der Waals surface area contributed by atoms with Crippen LogP contribution in [0, 0.1) is 23.7 Å². The molecular formula is C29H36BrN3O6. The van der Waals surface area contributed by atoms with Gasteiger partial charge < -0.3 is 29.3 Å². The number of Topliss-reactive ketones (excluding diaryl/α,β-unsaturated/α-hetero) is 1. The monoisotopic (exact) mass is 601 g/mol. The van der Waals surface area contributed by atoms with Gasteiger partial charge in [0.25, 0.3) is 0 Å². The summed E-state index contributed by atoms with van der Waals surface area (Å²) in [6.07, 6.45) is 4.16. The number of benzene rings is 1. The molecule has 2 aliphatic heterocycles. The number of anilines is 1. The van der Waals surface area contributed by atoms with Crippen molar-refractivity contribution in [2.75, 3.05) is 12.4 Å². The van der Waals surface area contributed by atoms with Crippen LogP contribution in [0.15, 0.2) is 33.3 Å². The number of aromatic amines is 1. The molecule has 2 aromatic heterocycles. The number of ether oxygens (including phenoxy) is 2. The zero-order chi connectivity index (χ0) is 28.1. The van der Waals surface area contributed by atoms with E-state index >= 15 is 0 Å². The van der Waals surface area contributed by atoms with E-state index in [1.165, 1.54) is 0 Å². The second-order valence-electron chi connectivity index (χ2n) is 11.2. The van der Waals surface area contributed by atoms with Crippen molar-refractivity contribution in [3.05, 3.63) is 46.0 Å². The summed E-state index contributed by atoms with van der Waals surface area (Å²) in [4.78, 5) is 32.9. The third-order valence-corrected chi connectivity index (χ3v) is 9.22. The highest BCUT2D eigenvalue weighted by Crippen LogP contribution is 2.48. The zero-order valence-corrected chi connectivity index (χ0v) is 24.5. The molecule has 1 spiro atoms. The van der Waals surface area contributed by atoms with Crippen LogP contribution >= 0.6 is 15.9 Å². The van der Waals surface area contributed by atoms with Crippen LogP contribution in [-0.2, 0) is 15.9 Å². The minimum atomic E-state index is -1.08. The Morgan fingerprint density at radius 3 is 2.72 bits per heavy atom. The molecular weight excluding hydrogens is 566 g/mol. The normalized spacial score (nSPS) is 29.9. The van der Waals surface area contributed by atoms with E-state index in [2.05, 4.69) is 52.0 Å². The first-order chi connectivity index (χ1) is 18.5. The molecule has 210 valence electrons. The minimum Gasteiger partial charge on any atom is -0.478 e. The van der Waals surface area contributed by atoms with Crippen LogP contribution in [0.25, 0.3) is 11.1 Å². The van der Waals surface area contributed by atoms with Gasteiger partial charge in [-0.05, 0) is 58.8 Å². The Hall–Kier alpha value is -2.69. The average Bonchev–Trinajstić information content (AvgIpc) is 3.56. The highest BCUT2D eigenvalue weighted by atomic mass is 79.9. The number of oxazole rings is 1. The van der Waals surface area contributed by atoms with Crippen molar-refractivity contribution >= 4 is 44.5 Å². The van der Waals surface area contributed by atoms with Crippen LogP contribution < -0.4 is 5.32 Å². The largest absolute Gasteiger partial charge is 0.478 e. The molecule has 1 aromatic carbocycles. The zero-order valence-electron chi connectivity index (χ0n) is 22.9. The SMILES string of the molecule is CNc1c(Br)cc2oc(C[C@@H]3OC4(CC[C@@H]3C)O[C@H]([C@@H](C)C(=O)c3ccc[nH]3)[C@H](C)C[C@H]4C)nc2c1C(=O)O. The summed E-state index contributed by atoms with van der Waals surface area (Å²) in [6, 6.07) is 5.36. The Kier molecular flexibility index (Phi) is 7.65. The highest BCUT2D eigenvalue weighted by Gasteiger charge is 2.52. The molecule has 0 saturated carbocycles. The number of nitrogens with one attached hydrogen (secondary N) is 2. The van der Waals surface area contributed by atoms with Gasteiger partial charge in [-0.1, -0.05) is 27.7 Å². The van der Waals surface area contributed by atoms with Crippen molar-refractivity contribution < 1.29 is 28.6 Å². The van der Waals surface area contributed by atoms with Gasteiger partial charge in [-0.25, -0.2) is 9.78 Å². The number of aromatic nitrogens is 2. The molecule has 2 saturated heterocycles. The van der Waals surface area contributed by atoms with Gasteiger partial charge in [-0.2, -0.15) is 0 Å². The van der Waals surface area contributed by atoms with E-state index in [-0.39, 0.29) is 47.2 Å². The van der Waals surface area contributed by atoms with Gasteiger partial charge in [0.15, 0.2) is 23.0 Å². The Morgan fingerprint density at radius 1 is 1.28 bits per heavy atom. The first-order valence-corrected chi connectivity index (χ1v) is 14.4. The number of nitrogens with zero attached hydrogens (tertiary/aromatic N) is 1. The summed E-state index contributed by atoms with van der Waals surface area (Å²) in [7, 11) is 1.67. The van der Waals surface area contributed by atoms with E-state index in [1.54, 1.807) is 25.4 Å². The van der Waals surface area contributed by atoms with Gasteiger partial charge >= 0.3 is 5.97 Å². The van der Waals surface area contributed by atoms with Gasteiger partial charge in [0.1, 0.15) is 11.1 Å². The molecule has 0 radical (unpaired) electrons. The van der Waals surface area contributed by atoms with Crippen LogP contribution in [0.4, 0.5) is 5.69 Å². The molecule has 2 fully saturated rings. The Bertz CT molecular complexity index is 1370. The fourth-order valence-corrected chi connectivity index (χ4v) is 6.94. The standard InChI is InChI=1S/C29H36BrN3O6/c1-14-8-9-29(16(3)11-15(2)27(39-29)17(4)26(34)19-7-6-10-32-19)38-20(14)13-22-33-25-21(37-22)12-18(30)24(31-5)23(25)28(35)36/h6-7,10,12,14-17,20,27,31-32H,8-9,11,13H2,1-5H3,(H,35,36)/t14-,15+,16+,17-,20-,27-,29?/m0/s1. The van der Waals surface area contributed by atoms with Crippen molar-refractivity contribution in [3.63, 3.8) is 0 Å². The molecule has 10 heteroatoms. The number of H-pyrrole nitrogens is 1. The predicted molar refractivity (Wildman–Crippen MR) is 150 cm³/mol. The van der Waals surface area contributed by atoms with Crippen LogP contribution in [0.5, 0.6) is 0 Å². The van der Waals surface area contributed by atoms with Gasteiger partial charge in [0.05, 0.1) is 30.0 Å². The number of hydrogen-bond donors (Lipinski definition) is 3. The number of carbonyl (C=O) groups excluding carboxylic acids is 1. The summed E-state index contributed by atoms with van der Waals surface area (Å²) in [5, 5.41) is 12.8. The number of rotatable bonds is 7. The smallest absolute Gasteiger partial charge is 0.340 e. The van der Waals surface area contributed by atoms with Crippen LogP contribution in [0.1, 0.15) is 73.7 Å². The first kappa shape index (κ1) is 27.9. The van der Waals surface area contributed by atoms with Crippen molar-refractivity contribution in [1.29, 1.82) is 0 Å². The molecule has 9 nitrogen and oxygen atoms in total. The van der Waals surface area contributed by atoms with Crippen molar-refractivity contribution in [3.8, 4) is 0 Å². The molecule has 4 heterocycles. The number of carbonyl (C=O) groups is 2. The number of carboxylic acids is 1. The second kappa shape index (κ2) is 10.7. The lowest BCUT2D eigenvalue weighted by Crippen LogP contribution is -2.58. The summed E-state index contributed by atoms with van der Waals surface area (Å²) in [5.74, 6) is -1.19. The molecule has 0 amide bonds. The number of fused-ring (bicyclic) bond motifs is 1. The minimum absolute atomic E-state index is 0.0371. The molecule has 1 unspecified atom stereocenters. The number of hydrogen-bond acceptors (Lipinski definition) is 7. The maximum absolute atomic E-state index is 13.2. The Labute approximate surface area is 236 Å². The van der Waals surface area contributed by atoms with Crippen molar-refractivity contribution in [1.82, 2.24) is 9.97 Å². The van der Waals surface area contributed by atoms with E-state index in [4.69, 9.17) is 13.9 Å². The van der Waals surface area contributed by atoms with Gasteiger partial charge in [-0.3, -0.25) is 4.79 Å². The number of halogens is 1. The van der Waals surface area contributed by atoms with Gasteiger partial charge in [0, 0.05) is 36.0 Å². The second-order valence-corrected chi connectivity index (χ2v) is 12.1. The topological polar surface area (TPSA) is 127 Å². The Morgan fingerprint density at radius 2 is 2.05 bits per heavy atom. The van der Waals surface area contributed by atoms with E-state index in [9.17, 15) is 14.7 Å².